The van der Waals surface area contributed by atoms with E-state index in [0.29, 0.717) is 19.3 Å². The maximum atomic E-state index is 13.1. The summed E-state index contributed by atoms with van der Waals surface area (Å²) >= 11 is 0. The first-order valence-corrected chi connectivity index (χ1v) is 8.64. The van der Waals surface area contributed by atoms with Crippen LogP contribution in [0.4, 0.5) is 22.0 Å². The molecule has 1 aliphatic heterocycles. The minimum Gasteiger partial charge on any atom is -0.384 e. The Morgan fingerprint density at radius 2 is 1.68 bits per heavy atom. The molecular weight excluding hydrogens is 335 g/mol. The van der Waals surface area contributed by atoms with Crippen LogP contribution in [0.3, 0.4) is 0 Å². The summed E-state index contributed by atoms with van der Waals surface area (Å²) in [6.45, 7) is -0.905. The lowest BCUT2D eigenvalue weighted by Gasteiger charge is -2.24. The average Bonchev–Trinajstić information content (AvgIpc) is 2.33. The van der Waals surface area contributed by atoms with Crippen molar-refractivity contribution >= 4 is 9.84 Å². The van der Waals surface area contributed by atoms with Crippen LogP contribution in [-0.2, 0) is 14.6 Å². The van der Waals surface area contributed by atoms with Gasteiger partial charge in [-0.1, -0.05) is 0 Å². The number of alkyl halides is 5. The standard InChI is InChI=1S/C12H19F5O4S/c13-11(14,8-12(15,16)17)10(18)7-21-4-1-9-2-5-22(19,20)6-3-9/h9-10,18H,1-8H2. The fourth-order valence-corrected chi connectivity index (χ4v) is 3.77. The van der Waals surface area contributed by atoms with Gasteiger partial charge in [0.2, 0.25) is 0 Å². The number of aliphatic hydroxyl groups excluding tert-OH is 1. The molecule has 0 radical (unpaired) electrons. The average molecular weight is 354 g/mol. The molecule has 0 aromatic carbocycles. The minimum absolute atomic E-state index is 0.0100. The second-order valence-corrected chi connectivity index (χ2v) is 7.83. The van der Waals surface area contributed by atoms with E-state index in [1.807, 2.05) is 0 Å². The highest BCUT2D eigenvalue weighted by Gasteiger charge is 2.48. The van der Waals surface area contributed by atoms with Crippen molar-refractivity contribution in [1.29, 1.82) is 0 Å². The summed E-state index contributed by atoms with van der Waals surface area (Å²) in [5.74, 6) is -4.07. The van der Waals surface area contributed by atoms with Crippen LogP contribution in [0.25, 0.3) is 0 Å². The molecule has 1 unspecified atom stereocenters. The van der Waals surface area contributed by atoms with E-state index in [2.05, 4.69) is 0 Å². The molecular formula is C12H19F5O4S. The number of hydrogen-bond acceptors (Lipinski definition) is 4. The highest BCUT2D eigenvalue weighted by atomic mass is 32.2. The quantitative estimate of drug-likeness (QED) is 0.562. The van der Waals surface area contributed by atoms with Crippen molar-refractivity contribution in [3.8, 4) is 0 Å². The minimum atomic E-state index is -5.07. The van der Waals surface area contributed by atoms with Gasteiger partial charge in [-0.05, 0) is 25.2 Å². The number of ether oxygens (including phenoxy) is 1. The van der Waals surface area contributed by atoms with Crippen LogP contribution in [0.2, 0.25) is 0 Å². The van der Waals surface area contributed by atoms with E-state index in [9.17, 15) is 30.4 Å². The Kier molecular flexibility index (Phi) is 6.58. The molecule has 0 aromatic rings. The van der Waals surface area contributed by atoms with Gasteiger partial charge in [0.25, 0.3) is 5.92 Å². The summed E-state index contributed by atoms with van der Waals surface area (Å²) in [7, 11) is -2.98. The molecule has 1 heterocycles. The topological polar surface area (TPSA) is 63.6 Å². The largest absolute Gasteiger partial charge is 0.394 e. The van der Waals surface area contributed by atoms with Crippen molar-refractivity contribution in [2.24, 2.45) is 5.92 Å². The third-order valence-corrected chi connectivity index (χ3v) is 5.26. The molecule has 0 aromatic heterocycles. The monoisotopic (exact) mass is 354 g/mol. The zero-order chi connectivity index (χ0) is 17.0. The fraction of sp³-hybridized carbons (Fsp3) is 1.00. The van der Waals surface area contributed by atoms with Crippen molar-refractivity contribution < 1.29 is 40.2 Å². The van der Waals surface area contributed by atoms with E-state index < -0.39 is 41.1 Å². The van der Waals surface area contributed by atoms with E-state index in [1.165, 1.54) is 0 Å². The van der Waals surface area contributed by atoms with Crippen LogP contribution in [0.5, 0.6) is 0 Å². The smallest absolute Gasteiger partial charge is 0.384 e. The Bertz CT molecular complexity index is 435. The van der Waals surface area contributed by atoms with Crippen LogP contribution in [0.1, 0.15) is 25.7 Å². The first kappa shape index (κ1) is 19.6. The fourth-order valence-electron chi connectivity index (χ4n) is 2.18. The first-order chi connectivity index (χ1) is 9.91. The molecule has 1 N–H and O–H groups in total. The van der Waals surface area contributed by atoms with E-state index in [0.717, 1.165) is 0 Å². The maximum Gasteiger partial charge on any atom is 0.394 e. The van der Waals surface area contributed by atoms with Crippen molar-refractivity contribution in [2.75, 3.05) is 24.7 Å². The molecule has 4 nitrogen and oxygen atoms in total. The summed E-state index contributed by atoms with van der Waals surface area (Å²) < 4.78 is 89.1. The van der Waals surface area contributed by atoms with Crippen molar-refractivity contribution in [3.05, 3.63) is 0 Å². The number of halogens is 5. The van der Waals surface area contributed by atoms with E-state index in [1.54, 1.807) is 0 Å². The van der Waals surface area contributed by atoms with Crippen molar-refractivity contribution in [3.63, 3.8) is 0 Å². The van der Waals surface area contributed by atoms with Crippen LogP contribution in [-0.4, -0.2) is 56.4 Å². The number of sulfone groups is 1. The Balaban J connectivity index is 2.24. The van der Waals surface area contributed by atoms with Crippen molar-refractivity contribution in [2.45, 2.75) is 43.9 Å². The van der Waals surface area contributed by atoms with Crippen LogP contribution in [0, 0.1) is 5.92 Å². The zero-order valence-electron chi connectivity index (χ0n) is 11.8. The normalized spacial score (nSPS) is 21.7. The SMILES string of the molecule is O=S1(=O)CCC(CCOCC(O)C(F)(F)CC(F)(F)F)CC1. The molecule has 0 spiro atoms. The molecule has 0 bridgehead atoms. The number of aliphatic hydroxyl groups is 1. The Hall–Kier alpha value is -0.480. The summed E-state index contributed by atoms with van der Waals surface area (Å²) in [6, 6.07) is 0. The van der Waals surface area contributed by atoms with Gasteiger partial charge in [0.05, 0.1) is 18.1 Å². The second kappa shape index (κ2) is 7.39. The molecule has 1 aliphatic rings. The van der Waals surface area contributed by atoms with E-state index >= 15 is 0 Å². The van der Waals surface area contributed by atoms with Gasteiger partial charge >= 0.3 is 6.18 Å². The van der Waals surface area contributed by atoms with Crippen LogP contribution in [0.15, 0.2) is 0 Å². The summed E-state index contributed by atoms with van der Waals surface area (Å²) in [6.07, 6.45) is -8.66. The Morgan fingerprint density at radius 3 is 2.18 bits per heavy atom. The highest BCUT2D eigenvalue weighted by molar-refractivity contribution is 7.91. The highest BCUT2D eigenvalue weighted by Crippen LogP contribution is 2.34. The Labute approximate surface area is 125 Å². The van der Waals surface area contributed by atoms with Gasteiger partial charge in [0.1, 0.15) is 22.4 Å². The first-order valence-electron chi connectivity index (χ1n) is 6.82. The Morgan fingerprint density at radius 1 is 1.14 bits per heavy atom. The van der Waals surface area contributed by atoms with Gasteiger partial charge < -0.3 is 9.84 Å². The summed E-state index contributed by atoms with van der Waals surface area (Å²) in [4.78, 5) is 0. The van der Waals surface area contributed by atoms with Gasteiger partial charge in [0.15, 0.2) is 0 Å². The van der Waals surface area contributed by atoms with Gasteiger partial charge in [0, 0.05) is 6.61 Å². The molecule has 1 fully saturated rings. The molecule has 0 saturated carbocycles. The molecule has 1 saturated heterocycles. The lowest BCUT2D eigenvalue weighted by molar-refractivity contribution is -0.221. The molecule has 0 aliphatic carbocycles. The molecule has 10 heteroatoms. The van der Waals surface area contributed by atoms with Gasteiger partial charge in [-0.25, -0.2) is 17.2 Å². The number of hydrogen-bond donors (Lipinski definition) is 1. The number of rotatable bonds is 7. The van der Waals surface area contributed by atoms with Crippen molar-refractivity contribution in [1.82, 2.24) is 0 Å². The van der Waals surface area contributed by atoms with E-state index in [-0.39, 0.29) is 24.0 Å². The molecule has 1 atom stereocenters. The maximum absolute atomic E-state index is 13.1. The molecule has 0 amide bonds. The predicted molar refractivity (Wildman–Crippen MR) is 68.4 cm³/mol. The zero-order valence-corrected chi connectivity index (χ0v) is 12.6. The lowest BCUT2D eigenvalue weighted by Crippen LogP contribution is -2.41. The van der Waals surface area contributed by atoms with Crippen LogP contribution < -0.4 is 0 Å². The summed E-state index contributed by atoms with van der Waals surface area (Å²) in [5.41, 5.74) is 0. The predicted octanol–water partition coefficient (Wildman–Crippen LogP) is 2.17. The second-order valence-electron chi connectivity index (χ2n) is 5.53. The third-order valence-electron chi connectivity index (χ3n) is 3.54. The van der Waals surface area contributed by atoms with E-state index in [4.69, 9.17) is 9.84 Å². The van der Waals surface area contributed by atoms with Gasteiger partial charge in [-0.2, -0.15) is 13.2 Å². The molecule has 22 heavy (non-hydrogen) atoms. The van der Waals surface area contributed by atoms with Gasteiger partial charge in [-0.15, -0.1) is 0 Å². The van der Waals surface area contributed by atoms with Gasteiger partial charge in [-0.3, -0.25) is 0 Å². The summed E-state index contributed by atoms with van der Waals surface area (Å²) in [5, 5.41) is 9.09. The molecule has 132 valence electrons. The lowest BCUT2D eigenvalue weighted by atomic mass is 9.99. The van der Waals surface area contributed by atoms with Crippen LogP contribution >= 0.6 is 0 Å². The third kappa shape index (κ3) is 7.19. The molecule has 1 rings (SSSR count).